The summed E-state index contributed by atoms with van der Waals surface area (Å²) in [5.74, 6) is -3.43. The lowest BCUT2D eigenvalue weighted by Gasteiger charge is -2.35. The molecule has 2 saturated carbocycles. The van der Waals surface area contributed by atoms with Crippen LogP contribution in [0.5, 0.6) is 0 Å². The van der Waals surface area contributed by atoms with Gasteiger partial charge in [-0.2, -0.15) is 0 Å². The summed E-state index contributed by atoms with van der Waals surface area (Å²) in [6, 6.07) is 5.87. The van der Waals surface area contributed by atoms with Crippen LogP contribution in [0.3, 0.4) is 0 Å². The molecule has 28 heavy (non-hydrogen) atoms. The fourth-order valence-corrected chi connectivity index (χ4v) is 5.87. The molecule has 4 nitrogen and oxygen atoms in total. The number of aryl methyl sites for hydroxylation is 1. The third kappa shape index (κ3) is 4.36. The topological polar surface area (TPSA) is 63.2 Å². The predicted molar refractivity (Wildman–Crippen MR) is 99.5 cm³/mol. The highest BCUT2D eigenvalue weighted by molar-refractivity contribution is 7.92. The molecule has 1 aromatic rings. The van der Waals surface area contributed by atoms with Crippen LogP contribution >= 0.6 is 0 Å². The summed E-state index contributed by atoms with van der Waals surface area (Å²) in [6.07, 6.45) is -0.295. The minimum atomic E-state index is -4.13. The van der Waals surface area contributed by atoms with Crippen LogP contribution in [0.1, 0.15) is 56.9 Å². The predicted octanol–water partition coefficient (Wildman–Crippen LogP) is 4.32. The molecule has 3 rings (SSSR count). The highest BCUT2D eigenvalue weighted by Gasteiger charge is 2.48. The lowest BCUT2D eigenvalue weighted by atomic mass is 9.85. The van der Waals surface area contributed by atoms with Gasteiger partial charge in [0, 0.05) is 24.8 Å². The van der Waals surface area contributed by atoms with Gasteiger partial charge in [-0.05, 0) is 63.1 Å². The van der Waals surface area contributed by atoms with Crippen LogP contribution in [0.15, 0.2) is 29.2 Å². The molecule has 1 amide bonds. The number of hydrogen-bond donors (Lipinski definition) is 1. The minimum absolute atomic E-state index is 0.0272. The number of alkyl halides is 3. The van der Waals surface area contributed by atoms with Crippen molar-refractivity contribution in [3.05, 3.63) is 29.8 Å². The van der Waals surface area contributed by atoms with E-state index in [1.54, 1.807) is 19.1 Å². The van der Waals surface area contributed by atoms with E-state index in [0.29, 0.717) is 0 Å². The van der Waals surface area contributed by atoms with Gasteiger partial charge in [0.15, 0.2) is 0 Å². The maximum absolute atomic E-state index is 15.3. The molecule has 2 fully saturated rings. The zero-order chi connectivity index (χ0) is 20.6. The van der Waals surface area contributed by atoms with E-state index in [-0.39, 0.29) is 68.2 Å². The van der Waals surface area contributed by atoms with Crippen molar-refractivity contribution in [1.29, 1.82) is 0 Å². The van der Waals surface area contributed by atoms with E-state index in [1.165, 1.54) is 12.1 Å². The Morgan fingerprint density at radius 1 is 1.04 bits per heavy atom. The summed E-state index contributed by atoms with van der Waals surface area (Å²) in [5, 5.41) is 0.456. The van der Waals surface area contributed by atoms with Crippen molar-refractivity contribution >= 4 is 15.7 Å². The van der Waals surface area contributed by atoms with Gasteiger partial charge in [0.2, 0.25) is 26.7 Å². The molecule has 0 atom stereocenters. The molecule has 0 bridgehead atoms. The Morgan fingerprint density at radius 3 is 2.21 bits per heavy atom. The van der Waals surface area contributed by atoms with Crippen molar-refractivity contribution in [2.75, 3.05) is 0 Å². The van der Waals surface area contributed by atoms with Crippen molar-refractivity contribution < 1.29 is 26.4 Å². The number of rotatable bonds is 4. The monoisotopic (exact) mass is 417 g/mol. The molecule has 0 saturated heterocycles. The summed E-state index contributed by atoms with van der Waals surface area (Å²) >= 11 is 0. The number of carbonyl (C=O) groups excluding carboxylic acids is 1. The molecule has 8 heteroatoms. The zero-order valence-electron chi connectivity index (χ0n) is 15.9. The number of hydrogen-bond acceptors (Lipinski definition) is 3. The van der Waals surface area contributed by atoms with E-state index in [0.717, 1.165) is 5.56 Å². The minimum Gasteiger partial charge on any atom is -0.353 e. The normalized spacial score (nSPS) is 28.6. The van der Waals surface area contributed by atoms with E-state index < -0.39 is 26.7 Å². The second kappa shape index (κ2) is 7.69. The van der Waals surface area contributed by atoms with Crippen molar-refractivity contribution in [3.8, 4) is 0 Å². The highest BCUT2D eigenvalue weighted by Crippen LogP contribution is 2.41. The van der Waals surface area contributed by atoms with Crippen LogP contribution in [0.25, 0.3) is 0 Å². The third-order valence-electron chi connectivity index (χ3n) is 5.95. The Hall–Kier alpha value is -1.57. The first-order chi connectivity index (χ1) is 13.0. The maximum atomic E-state index is 15.3. The Kier molecular flexibility index (Phi) is 5.81. The molecule has 2 aliphatic carbocycles. The summed E-state index contributed by atoms with van der Waals surface area (Å²) in [6.45, 7) is 1.75. The number of sulfone groups is 1. The Morgan fingerprint density at radius 2 is 1.64 bits per heavy atom. The van der Waals surface area contributed by atoms with Crippen molar-refractivity contribution in [1.82, 2.24) is 5.32 Å². The van der Waals surface area contributed by atoms with Gasteiger partial charge in [0.1, 0.15) is 0 Å². The maximum Gasteiger partial charge on any atom is 0.248 e. The Bertz CT molecular complexity index is 823. The van der Waals surface area contributed by atoms with Crippen LogP contribution in [0.2, 0.25) is 0 Å². The van der Waals surface area contributed by atoms with Crippen LogP contribution in [-0.4, -0.2) is 31.3 Å². The van der Waals surface area contributed by atoms with Gasteiger partial charge in [-0.25, -0.2) is 21.6 Å². The summed E-state index contributed by atoms with van der Waals surface area (Å²) < 4.78 is 67.3. The second-order valence-corrected chi connectivity index (χ2v) is 10.3. The van der Waals surface area contributed by atoms with Gasteiger partial charge in [-0.15, -0.1) is 0 Å². The lowest BCUT2D eigenvalue weighted by Crippen LogP contribution is -2.47. The number of halogens is 3. The average molecular weight is 417 g/mol. The van der Waals surface area contributed by atoms with Gasteiger partial charge >= 0.3 is 0 Å². The number of nitrogens with one attached hydrogen (secondary N) is 1. The summed E-state index contributed by atoms with van der Waals surface area (Å²) in [7, 11) is -4.13. The van der Waals surface area contributed by atoms with Gasteiger partial charge in [0.05, 0.1) is 4.90 Å². The Balaban J connectivity index is 1.58. The van der Waals surface area contributed by atoms with Gasteiger partial charge < -0.3 is 5.32 Å². The first-order valence-corrected chi connectivity index (χ1v) is 11.2. The van der Waals surface area contributed by atoms with E-state index in [9.17, 15) is 22.0 Å². The Labute approximate surface area is 163 Å². The van der Waals surface area contributed by atoms with Gasteiger partial charge in [-0.1, -0.05) is 12.1 Å². The first kappa shape index (κ1) is 21.1. The van der Waals surface area contributed by atoms with Crippen molar-refractivity contribution in [2.24, 2.45) is 5.92 Å². The molecule has 0 heterocycles. The van der Waals surface area contributed by atoms with E-state index in [1.807, 2.05) is 0 Å². The molecule has 0 spiro atoms. The molecule has 1 N–H and O–H groups in total. The smallest absolute Gasteiger partial charge is 0.248 e. The number of amides is 1. The number of carbonyl (C=O) groups is 1. The largest absolute Gasteiger partial charge is 0.353 e. The molecule has 2 aliphatic rings. The van der Waals surface area contributed by atoms with Gasteiger partial charge in [-0.3, -0.25) is 4.79 Å². The van der Waals surface area contributed by atoms with Gasteiger partial charge in [0.25, 0.3) is 0 Å². The molecule has 1 aromatic carbocycles. The molecular formula is C20H26F3NO3S. The van der Waals surface area contributed by atoms with Crippen molar-refractivity contribution in [2.45, 2.75) is 80.2 Å². The lowest BCUT2D eigenvalue weighted by molar-refractivity contribution is -0.130. The molecule has 156 valence electrons. The molecule has 0 unspecified atom stereocenters. The molecular weight excluding hydrogens is 391 g/mol. The highest BCUT2D eigenvalue weighted by atomic mass is 32.2. The average Bonchev–Trinajstić information content (AvgIpc) is 2.63. The summed E-state index contributed by atoms with van der Waals surface area (Å²) in [4.78, 5) is 12.3. The third-order valence-corrected chi connectivity index (χ3v) is 8.19. The fourth-order valence-electron chi connectivity index (χ4n) is 4.08. The molecule has 0 aromatic heterocycles. The quantitative estimate of drug-likeness (QED) is 0.794. The SMILES string of the molecule is Cc1cccc(S(=O)(=O)[C@]2(F)CC[C@H](NC(=O)C3CCC(F)(F)CC3)CC2)c1. The zero-order valence-corrected chi connectivity index (χ0v) is 16.7. The molecule has 0 radical (unpaired) electrons. The van der Waals surface area contributed by atoms with Crippen LogP contribution in [-0.2, 0) is 14.6 Å². The van der Waals surface area contributed by atoms with E-state index in [2.05, 4.69) is 5.32 Å². The van der Waals surface area contributed by atoms with E-state index >= 15 is 4.39 Å². The standard InChI is InChI=1S/C20H26F3NO3S/c1-14-3-2-4-17(13-14)28(26,27)20(23)11-7-16(8-12-20)24-18(25)15-5-9-19(21,22)10-6-15/h2-4,13,15-16H,5-12H2,1H3,(H,24,25)/t16-,20+. The van der Waals surface area contributed by atoms with Crippen LogP contribution < -0.4 is 5.32 Å². The first-order valence-electron chi connectivity index (χ1n) is 9.71. The fraction of sp³-hybridized carbons (Fsp3) is 0.650. The van der Waals surface area contributed by atoms with E-state index in [4.69, 9.17) is 0 Å². The number of benzene rings is 1. The van der Waals surface area contributed by atoms with Crippen molar-refractivity contribution in [3.63, 3.8) is 0 Å². The van der Waals surface area contributed by atoms with Crippen LogP contribution in [0, 0.1) is 12.8 Å². The molecule has 0 aliphatic heterocycles. The summed E-state index contributed by atoms with van der Waals surface area (Å²) in [5.41, 5.74) is 0.740. The van der Waals surface area contributed by atoms with Crippen LogP contribution in [0.4, 0.5) is 13.2 Å². The second-order valence-electron chi connectivity index (χ2n) is 8.12.